The average Bonchev–Trinajstić information content (AvgIpc) is 2.86. The van der Waals surface area contributed by atoms with Crippen molar-refractivity contribution in [3.05, 3.63) is 48.0 Å². The molecular formula is C18H22O6. The molecule has 0 amide bonds. The van der Waals surface area contributed by atoms with Crippen molar-refractivity contribution in [2.24, 2.45) is 0 Å². The van der Waals surface area contributed by atoms with Gasteiger partial charge in [0.2, 0.25) is 0 Å². The summed E-state index contributed by atoms with van der Waals surface area (Å²) < 4.78 is 21.6. The Morgan fingerprint density at radius 3 is 2.54 bits per heavy atom. The van der Waals surface area contributed by atoms with Crippen molar-refractivity contribution in [3.8, 4) is 0 Å². The Kier molecular flexibility index (Phi) is 6.11. The summed E-state index contributed by atoms with van der Waals surface area (Å²) in [4.78, 5) is 23.4. The number of ether oxygens (including phenoxy) is 4. The van der Waals surface area contributed by atoms with Crippen LogP contribution in [-0.2, 0) is 23.7 Å². The molecule has 1 aliphatic heterocycles. The summed E-state index contributed by atoms with van der Waals surface area (Å²) in [5, 5.41) is 0. The molecule has 2 rings (SSSR count). The van der Waals surface area contributed by atoms with E-state index in [2.05, 4.69) is 0 Å². The molecule has 2 atom stereocenters. The fraction of sp³-hybridized carbons (Fsp3) is 0.444. The first-order chi connectivity index (χ1) is 11.4. The zero-order valence-electron chi connectivity index (χ0n) is 14.1. The largest absolute Gasteiger partial charge is 0.463 e. The van der Waals surface area contributed by atoms with Crippen LogP contribution in [0.15, 0.2) is 42.5 Å². The van der Waals surface area contributed by atoms with Gasteiger partial charge in [0.25, 0.3) is 0 Å². The van der Waals surface area contributed by atoms with Crippen LogP contribution in [0, 0.1) is 0 Å². The molecule has 6 nitrogen and oxygen atoms in total. The first-order valence-corrected chi connectivity index (χ1v) is 7.84. The zero-order chi connectivity index (χ0) is 17.6. The summed E-state index contributed by atoms with van der Waals surface area (Å²) in [5.74, 6) is -1.71. The molecule has 1 aromatic carbocycles. The van der Waals surface area contributed by atoms with E-state index in [1.54, 1.807) is 51.1 Å². The molecule has 0 bridgehead atoms. The van der Waals surface area contributed by atoms with E-state index in [-0.39, 0.29) is 6.61 Å². The molecule has 0 spiro atoms. The van der Waals surface area contributed by atoms with Crippen molar-refractivity contribution in [1.82, 2.24) is 0 Å². The Balaban J connectivity index is 1.96. The monoisotopic (exact) mass is 334 g/mol. The molecule has 0 saturated carbocycles. The summed E-state index contributed by atoms with van der Waals surface area (Å²) >= 11 is 0. The summed E-state index contributed by atoms with van der Waals surface area (Å²) in [5.41, 5.74) is 0.467. The van der Waals surface area contributed by atoms with Gasteiger partial charge in [0.05, 0.1) is 12.2 Å². The van der Waals surface area contributed by atoms with Gasteiger partial charge >= 0.3 is 11.9 Å². The third-order valence-corrected chi connectivity index (χ3v) is 3.32. The van der Waals surface area contributed by atoms with Crippen molar-refractivity contribution < 1.29 is 28.5 Å². The summed E-state index contributed by atoms with van der Waals surface area (Å²) in [6.45, 7) is 5.58. The predicted octanol–water partition coefficient (Wildman–Crippen LogP) is 2.48. The fourth-order valence-electron chi connectivity index (χ4n) is 2.33. The van der Waals surface area contributed by atoms with Crippen LogP contribution in [0.5, 0.6) is 0 Å². The second kappa shape index (κ2) is 8.08. The topological polar surface area (TPSA) is 71.1 Å². The molecule has 1 aromatic rings. The van der Waals surface area contributed by atoms with Crippen LogP contribution in [0.25, 0.3) is 0 Å². The molecule has 0 radical (unpaired) electrons. The van der Waals surface area contributed by atoms with Crippen LogP contribution >= 0.6 is 0 Å². The molecule has 6 heteroatoms. The van der Waals surface area contributed by atoms with Crippen LogP contribution < -0.4 is 0 Å². The first kappa shape index (κ1) is 18.2. The Hall–Kier alpha value is -2.18. The molecule has 0 unspecified atom stereocenters. The number of esters is 2. The van der Waals surface area contributed by atoms with Gasteiger partial charge in [-0.2, -0.15) is 0 Å². The Bertz CT molecular complexity index is 593. The molecule has 1 aliphatic rings. The molecule has 1 heterocycles. The Morgan fingerprint density at radius 2 is 1.88 bits per heavy atom. The van der Waals surface area contributed by atoms with Crippen LogP contribution in [0.3, 0.4) is 0 Å². The van der Waals surface area contributed by atoms with Gasteiger partial charge in [-0.25, -0.2) is 9.59 Å². The van der Waals surface area contributed by atoms with Gasteiger partial charge in [-0.15, -0.1) is 0 Å². The van der Waals surface area contributed by atoms with Gasteiger partial charge in [0.1, 0.15) is 18.8 Å². The highest BCUT2D eigenvalue weighted by molar-refractivity contribution is 5.89. The number of carbonyl (C=O) groups excluding carboxylic acids is 2. The third-order valence-electron chi connectivity index (χ3n) is 3.32. The van der Waals surface area contributed by atoms with E-state index < -0.39 is 29.9 Å². The SMILES string of the molecule is CCOC(=O)/C=C/[C@@H]1OC(C)(C)O[C@H]1COC(=O)c1ccccc1. The van der Waals surface area contributed by atoms with Crippen LogP contribution in [0.2, 0.25) is 0 Å². The van der Waals surface area contributed by atoms with E-state index in [1.165, 1.54) is 6.08 Å². The normalized spacial score (nSPS) is 22.5. The lowest BCUT2D eigenvalue weighted by Crippen LogP contribution is -2.28. The lowest BCUT2D eigenvalue weighted by atomic mass is 10.2. The van der Waals surface area contributed by atoms with Gasteiger partial charge < -0.3 is 18.9 Å². The first-order valence-electron chi connectivity index (χ1n) is 7.84. The highest BCUT2D eigenvalue weighted by Crippen LogP contribution is 2.29. The second-order valence-corrected chi connectivity index (χ2v) is 5.71. The summed E-state index contributed by atoms with van der Waals surface area (Å²) in [6, 6.07) is 8.70. The quantitative estimate of drug-likeness (QED) is 0.588. The standard InChI is InChI=1S/C18H22O6/c1-4-21-16(19)11-10-14-15(24-18(2,3)23-14)12-22-17(20)13-8-6-5-7-9-13/h5-11,14-15H,4,12H2,1-3H3/b11-10+/t14-,15-/m0/s1. The van der Waals surface area contributed by atoms with E-state index in [0.29, 0.717) is 12.2 Å². The Morgan fingerprint density at radius 1 is 1.17 bits per heavy atom. The lowest BCUT2D eigenvalue weighted by molar-refractivity contribution is -0.147. The maximum atomic E-state index is 12.0. The van der Waals surface area contributed by atoms with Crippen LogP contribution in [-0.4, -0.2) is 43.1 Å². The average molecular weight is 334 g/mol. The van der Waals surface area contributed by atoms with Gasteiger partial charge in [0.15, 0.2) is 5.79 Å². The van der Waals surface area contributed by atoms with Crippen LogP contribution in [0.1, 0.15) is 31.1 Å². The molecule has 1 saturated heterocycles. The minimum atomic E-state index is -0.826. The number of benzene rings is 1. The van der Waals surface area contributed by atoms with Gasteiger partial charge in [0, 0.05) is 6.08 Å². The fourth-order valence-corrected chi connectivity index (χ4v) is 2.33. The van der Waals surface area contributed by atoms with Crippen molar-refractivity contribution in [2.45, 2.75) is 38.8 Å². The number of rotatable bonds is 6. The van der Waals surface area contributed by atoms with Crippen LogP contribution in [0.4, 0.5) is 0 Å². The maximum Gasteiger partial charge on any atom is 0.338 e. The van der Waals surface area contributed by atoms with Crippen molar-refractivity contribution in [3.63, 3.8) is 0 Å². The molecule has 24 heavy (non-hydrogen) atoms. The molecule has 1 fully saturated rings. The molecule has 0 aromatic heterocycles. The second-order valence-electron chi connectivity index (χ2n) is 5.71. The number of hydrogen-bond donors (Lipinski definition) is 0. The zero-order valence-corrected chi connectivity index (χ0v) is 14.1. The third kappa shape index (κ3) is 5.18. The maximum absolute atomic E-state index is 12.0. The smallest absolute Gasteiger partial charge is 0.338 e. The van der Waals surface area contributed by atoms with Gasteiger partial charge in [-0.1, -0.05) is 18.2 Å². The minimum absolute atomic E-state index is 0.0228. The molecule has 130 valence electrons. The number of carbonyl (C=O) groups is 2. The predicted molar refractivity (Wildman–Crippen MR) is 86.3 cm³/mol. The van der Waals surface area contributed by atoms with E-state index >= 15 is 0 Å². The minimum Gasteiger partial charge on any atom is -0.463 e. The highest BCUT2D eigenvalue weighted by Gasteiger charge is 2.40. The van der Waals surface area contributed by atoms with Crippen molar-refractivity contribution in [2.75, 3.05) is 13.2 Å². The summed E-state index contributed by atoms with van der Waals surface area (Å²) in [7, 11) is 0. The number of hydrogen-bond acceptors (Lipinski definition) is 6. The Labute approximate surface area is 141 Å². The van der Waals surface area contributed by atoms with E-state index in [4.69, 9.17) is 18.9 Å². The summed E-state index contributed by atoms with van der Waals surface area (Å²) in [6.07, 6.45) is 1.85. The van der Waals surface area contributed by atoms with Gasteiger partial charge in [-0.3, -0.25) is 0 Å². The highest BCUT2D eigenvalue weighted by atomic mass is 16.8. The molecule has 0 N–H and O–H groups in total. The van der Waals surface area contributed by atoms with Crippen molar-refractivity contribution >= 4 is 11.9 Å². The lowest BCUT2D eigenvalue weighted by Gasteiger charge is -2.16. The van der Waals surface area contributed by atoms with E-state index in [9.17, 15) is 9.59 Å². The van der Waals surface area contributed by atoms with Crippen molar-refractivity contribution in [1.29, 1.82) is 0 Å². The van der Waals surface area contributed by atoms with E-state index in [1.807, 2.05) is 6.07 Å². The molecule has 0 aliphatic carbocycles. The van der Waals surface area contributed by atoms with Gasteiger partial charge in [-0.05, 0) is 39.0 Å². The molecular weight excluding hydrogens is 312 g/mol. The van der Waals surface area contributed by atoms with E-state index in [0.717, 1.165) is 0 Å².